The van der Waals surface area contributed by atoms with Crippen LogP contribution >= 0.6 is 0 Å². The zero-order valence-corrected chi connectivity index (χ0v) is 12.7. The Labute approximate surface area is 119 Å². The number of anilines is 1. The third-order valence-electron chi connectivity index (χ3n) is 3.32. The Kier molecular flexibility index (Phi) is 4.36. The number of nitrogens with zero attached hydrogens (tertiary/aromatic N) is 2. The van der Waals surface area contributed by atoms with Crippen LogP contribution in [0.1, 0.15) is 33.1 Å². The molecule has 0 amide bonds. The van der Waals surface area contributed by atoms with Gasteiger partial charge in [0.2, 0.25) is 10.0 Å². The van der Waals surface area contributed by atoms with Crippen LogP contribution in [0.2, 0.25) is 0 Å². The number of nitrogens with one attached hydrogen (secondary N) is 1. The number of sulfonamides is 1. The van der Waals surface area contributed by atoms with E-state index < -0.39 is 15.6 Å². The maximum Gasteiger partial charge on any atom is 0.246 e. The van der Waals surface area contributed by atoms with E-state index in [1.54, 1.807) is 4.68 Å². The highest BCUT2D eigenvalue weighted by Crippen LogP contribution is 2.23. The van der Waals surface area contributed by atoms with E-state index in [1.807, 2.05) is 13.8 Å². The monoisotopic (exact) mass is 302 g/mol. The van der Waals surface area contributed by atoms with Crippen LogP contribution in [-0.2, 0) is 21.3 Å². The predicted octanol–water partition coefficient (Wildman–Crippen LogP) is 0.723. The minimum Gasteiger partial charge on any atom is -0.381 e. The summed E-state index contributed by atoms with van der Waals surface area (Å²) in [6.45, 7) is 5.52. The third kappa shape index (κ3) is 3.31. The van der Waals surface area contributed by atoms with Crippen molar-refractivity contribution in [3.63, 3.8) is 0 Å². The molecule has 0 saturated carbocycles. The second kappa shape index (κ2) is 5.71. The van der Waals surface area contributed by atoms with Gasteiger partial charge in [-0.1, -0.05) is 6.92 Å². The average Bonchev–Trinajstić information content (AvgIpc) is 2.71. The van der Waals surface area contributed by atoms with Crippen LogP contribution in [0.15, 0.2) is 11.1 Å². The summed E-state index contributed by atoms with van der Waals surface area (Å²) in [6, 6.07) is 0. The first-order valence-corrected chi connectivity index (χ1v) is 8.29. The van der Waals surface area contributed by atoms with Crippen LogP contribution in [0.5, 0.6) is 0 Å². The molecule has 0 aromatic carbocycles. The third-order valence-corrected chi connectivity index (χ3v) is 4.97. The topological polar surface area (TPSA) is 99.2 Å². The van der Waals surface area contributed by atoms with E-state index in [0.29, 0.717) is 19.8 Å². The van der Waals surface area contributed by atoms with E-state index in [1.165, 1.54) is 6.20 Å². The van der Waals surface area contributed by atoms with Crippen LogP contribution in [0.25, 0.3) is 0 Å². The Morgan fingerprint density at radius 3 is 2.95 bits per heavy atom. The Morgan fingerprint density at radius 1 is 1.60 bits per heavy atom. The summed E-state index contributed by atoms with van der Waals surface area (Å²) >= 11 is 0. The number of ether oxygens (including phenoxy) is 1. The number of nitrogens with two attached hydrogens (primary N) is 1. The Bertz CT molecular complexity index is 561. The molecule has 1 aromatic heterocycles. The number of aromatic nitrogens is 2. The molecule has 0 bridgehead atoms. The predicted molar refractivity (Wildman–Crippen MR) is 75.7 cm³/mol. The molecule has 1 aromatic rings. The van der Waals surface area contributed by atoms with Gasteiger partial charge in [-0.15, -0.1) is 0 Å². The highest BCUT2D eigenvalue weighted by atomic mass is 32.2. The molecule has 3 N–H and O–H groups in total. The number of hydrogen-bond donors (Lipinski definition) is 2. The molecule has 0 spiro atoms. The number of nitrogen functional groups attached to an aromatic ring is 1. The quantitative estimate of drug-likeness (QED) is 0.835. The molecule has 2 heterocycles. The maximum absolute atomic E-state index is 12.4. The molecule has 1 aliphatic rings. The van der Waals surface area contributed by atoms with Crippen molar-refractivity contribution in [1.29, 1.82) is 0 Å². The van der Waals surface area contributed by atoms with Gasteiger partial charge >= 0.3 is 0 Å². The molecule has 1 fully saturated rings. The fourth-order valence-electron chi connectivity index (χ4n) is 2.36. The standard InChI is InChI=1S/C12H22N4O3S/c1-3-6-16-8-10(11(13)14-16)20(17,18)15-12(2)5-4-7-19-9-12/h8,15H,3-7,9H2,1-2H3,(H2,13,14). The summed E-state index contributed by atoms with van der Waals surface area (Å²) in [5.41, 5.74) is 5.14. The van der Waals surface area contributed by atoms with Crippen molar-refractivity contribution in [2.75, 3.05) is 18.9 Å². The minimum atomic E-state index is -3.68. The highest BCUT2D eigenvalue weighted by molar-refractivity contribution is 7.89. The van der Waals surface area contributed by atoms with Crippen molar-refractivity contribution in [2.24, 2.45) is 0 Å². The van der Waals surface area contributed by atoms with E-state index in [0.717, 1.165) is 19.3 Å². The van der Waals surface area contributed by atoms with Gasteiger partial charge in [0.05, 0.1) is 12.1 Å². The zero-order chi connectivity index (χ0) is 14.8. The molecular formula is C12H22N4O3S. The molecule has 0 aliphatic carbocycles. The van der Waals surface area contributed by atoms with E-state index in [-0.39, 0.29) is 10.7 Å². The van der Waals surface area contributed by atoms with Crippen LogP contribution in [0.3, 0.4) is 0 Å². The lowest BCUT2D eigenvalue weighted by Crippen LogP contribution is -2.51. The van der Waals surface area contributed by atoms with Crippen LogP contribution in [0.4, 0.5) is 5.82 Å². The van der Waals surface area contributed by atoms with E-state index in [2.05, 4.69) is 9.82 Å². The van der Waals surface area contributed by atoms with Gasteiger partial charge in [-0.2, -0.15) is 5.10 Å². The number of aryl methyl sites for hydroxylation is 1. The molecule has 0 radical (unpaired) electrons. The van der Waals surface area contributed by atoms with Gasteiger partial charge in [-0.05, 0) is 26.2 Å². The van der Waals surface area contributed by atoms with Crippen molar-refractivity contribution in [3.05, 3.63) is 6.20 Å². The van der Waals surface area contributed by atoms with Gasteiger partial charge in [0.15, 0.2) is 5.82 Å². The molecule has 114 valence electrons. The first kappa shape index (κ1) is 15.3. The van der Waals surface area contributed by atoms with Crippen molar-refractivity contribution in [3.8, 4) is 0 Å². The molecular weight excluding hydrogens is 280 g/mol. The maximum atomic E-state index is 12.4. The molecule has 2 rings (SSSR count). The molecule has 1 aliphatic heterocycles. The second-order valence-electron chi connectivity index (χ2n) is 5.46. The fourth-order valence-corrected chi connectivity index (χ4v) is 3.86. The van der Waals surface area contributed by atoms with Crippen LogP contribution in [0, 0.1) is 0 Å². The molecule has 1 atom stereocenters. The lowest BCUT2D eigenvalue weighted by molar-refractivity contribution is 0.0386. The number of rotatable bonds is 5. The summed E-state index contributed by atoms with van der Waals surface area (Å²) in [5.74, 6) is 0.0336. The molecule has 20 heavy (non-hydrogen) atoms. The lowest BCUT2D eigenvalue weighted by Gasteiger charge is -2.33. The minimum absolute atomic E-state index is 0.0336. The summed E-state index contributed by atoms with van der Waals surface area (Å²) in [5, 5.41) is 4.03. The summed E-state index contributed by atoms with van der Waals surface area (Å²) in [6.07, 6.45) is 3.92. The number of hydrogen-bond acceptors (Lipinski definition) is 5. The van der Waals surface area contributed by atoms with Gasteiger partial charge < -0.3 is 10.5 Å². The van der Waals surface area contributed by atoms with Gasteiger partial charge in [0.25, 0.3) is 0 Å². The Hall–Kier alpha value is -1.12. The van der Waals surface area contributed by atoms with Crippen molar-refractivity contribution >= 4 is 15.8 Å². The SMILES string of the molecule is CCCn1cc(S(=O)(=O)NC2(C)CCCOC2)c(N)n1. The normalized spacial score (nSPS) is 23.9. The summed E-state index contributed by atoms with van der Waals surface area (Å²) in [7, 11) is -3.68. The van der Waals surface area contributed by atoms with Gasteiger partial charge in [0, 0.05) is 19.3 Å². The van der Waals surface area contributed by atoms with Crippen molar-refractivity contribution < 1.29 is 13.2 Å². The smallest absolute Gasteiger partial charge is 0.246 e. The van der Waals surface area contributed by atoms with E-state index in [9.17, 15) is 8.42 Å². The zero-order valence-electron chi connectivity index (χ0n) is 11.9. The van der Waals surface area contributed by atoms with Crippen LogP contribution < -0.4 is 10.5 Å². The lowest BCUT2D eigenvalue weighted by atomic mass is 9.97. The molecule has 1 unspecified atom stereocenters. The Morgan fingerprint density at radius 2 is 2.35 bits per heavy atom. The van der Waals surface area contributed by atoms with Crippen LogP contribution in [-0.4, -0.2) is 37.0 Å². The molecule has 7 nitrogen and oxygen atoms in total. The average molecular weight is 302 g/mol. The first-order valence-electron chi connectivity index (χ1n) is 6.81. The van der Waals surface area contributed by atoms with Crippen molar-refractivity contribution in [1.82, 2.24) is 14.5 Å². The van der Waals surface area contributed by atoms with E-state index in [4.69, 9.17) is 10.5 Å². The second-order valence-corrected chi connectivity index (χ2v) is 7.11. The summed E-state index contributed by atoms with van der Waals surface area (Å²) in [4.78, 5) is 0.0396. The van der Waals surface area contributed by atoms with Gasteiger partial charge in [-0.25, -0.2) is 13.1 Å². The van der Waals surface area contributed by atoms with E-state index >= 15 is 0 Å². The van der Waals surface area contributed by atoms with Gasteiger partial charge in [-0.3, -0.25) is 4.68 Å². The molecule has 8 heteroatoms. The fraction of sp³-hybridized carbons (Fsp3) is 0.750. The van der Waals surface area contributed by atoms with Gasteiger partial charge in [0.1, 0.15) is 4.90 Å². The Balaban J connectivity index is 2.21. The first-order chi connectivity index (χ1) is 9.36. The van der Waals surface area contributed by atoms with Crippen molar-refractivity contribution in [2.45, 2.75) is 50.1 Å². The highest BCUT2D eigenvalue weighted by Gasteiger charge is 2.34. The largest absolute Gasteiger partial charge is 0.381 e. The molecule has 1 saturated heterocycles. The summed E-state index contributed by atoms with van der Waals surface area (Å²) < 4.78 is 34.5.